The zero-order valence-corrected chi connectivity index (χ0v) is 10.9. The summed E-state index contributed by atoms with van der Waals surface area (Å²) in [5.74, 6) is 0.135. The Labute approximate surface area is 107 Å². The van der Waals surface area contributed by atoms with Crippen LogP contribution in [-0.2, 0) is 0 Å². The first-order valence-electron chi connectivity index (χ1n) is 6.21. The molecule has 1 aromatic rings. The van der Waals surface area contributed by atoms with Crippen LogP contribution in [-0.4, -0.2) is 42.0 Å². The third-order valence-electron chi connectivity index (χ3n) is 3.89. The Morgan fingerprint density at radius 3 is 2.78 bits per heavy atom. The number of hydrogen-bond acceptors (Lipinski definition) is 4. The fourth-order valence-electron chi connectivity index (χ4n) is 2.36. The smallest absolute Gasteiger partial charge is 0.252 e. The van der Waals surface area contributed by atoms with Crippen LogP contribution in [0.3, 0.4) is 0 Å². The summed E-state index contributed by atoms with van der Waals surface area (Å²) in [5, 5.41) is 3.27. The lowest BCUT2D eigenvalue weighted by atomic mass is 9.75. The van der Waals surface area contributed by atoms with Crippen LogP contribution in [0.5, 0.6) is 0 Å². The van der Waals surface area contributed by atoms with E-state index in [0.717, 1.165) is 6.54 Å². The van der Waals surface area contributed by atoms with Crippen molar-refractivity contribution in [1.29, 1.82) is 0 Å². The maximum atomic E-state index is 11.3. The van der Waals surface area contributed by atoms with Gasteiger partial charge in [0.1, 0.15) is 5.82 Å². The third-order valence-corrected chi connectivity index (χ3v) is 3.89. The number of nitrogens with two attached hydrogens (primary N) is 1. The van der Waals surface area contributed by atoms with Crippen molar-refractivity contribution in [2.75, 3.05) is 26.0 Å². The summed E-state index contributed by atoms with van der Waals surface area (Å²) in [6.45, 7) is 0.789. The average molecular weight is 248 g/mol. The largest absolute Gasteiger partial charge is 0.368 e. The van der Waals surface area contributed by atoms with Crippen LogP contribution in [0.2, 0.25) is 0 Å². The first kappa shape index (κ1) is 12.8. The van der Waals surface area contributed by atoms with Crippen LogP contribution in [0.25, 0.3) is 0 Å². The molecule has 3 N–H and O–H groups in total. The molecule has 5 nitrogen and oxygen atoms in total. The highest BCUT2D eigenvalue weighted by Crippen LogP contribution is 2.36. The minimum Gasteiger partial charge on any atom is -0.368 e. The summed E-state index contributed by atoms with van der Waals surface area (Å²) >= 11 is 0. The van der Waals surface area contributed by atoms with Crippen molar-refractivity contribution in [3.63, 3.8) is 0 Å². The minimum absolute atomic E-state index is 0.187. The summed E-state index contributed by atoms with van der Waals surface area (Å²) in [7, 11) is 4.18. The normalized spacial score (nSPS) is 17.3. The lowest BCUT2D eigenvalue weighted by molar-refractivity contribution is 0.0738. The molecule has 0 radical (unpaired) electrons. The van der Waals surface area contributed by atoms with Crippen molar-refractivity contribution in [3.05, 3.63) is 23.9 Å². The highest BCUT2D eigenvalue weighted by molar-refractivity contribution is 5.97. The van der Waals surface area contributed by atoms with E-state index in [1.165, 1.54) is 19.3 Å². The molecule has 1 aliphatic rings. The van der Waals surface area contributed by atoms with Gasteiger partial charge in [-0.05, 0) is 45.5 Å². The zero-order valence-electron chi connectivity index (χ0n) is 10.9. The molecule has 0 atom stereocenters. The number of pyridine rings is 1. The monoisotopic (exact) mass is 248 g/mol. The summed E-state index contributed by atoms with van der Waals surface area (Å²) in [6, 6.07) is 3.41. The van der Waals surface area contributed by atoms with Gasteiger partial charge in [0.05, 0.1) is 5.56 Å². The number of carbonyl (C=O) groups excluding carboxylic acids is 1. The van der Waals surface area contributed by atoms with Crippen molar-refractivity contribution >= 4 is 11.7 Å². The third kappa shape index (κ3) is 2.31. The Hall–Kier alpha value is -1.62. The summed E-state index contributed by atoms with van der Waals surface area (Å²) in [5.41, 5.74) is 5.97. The number of primary amides is 1. The number of amides is 1. The quantitative estimate of drug-likeness (QED) is 0.818. The van der Waals surface area contributed by atoms with Crippen molar-refractivity contribution in [2.24, 2.45) is 5.73 Å². The number of aromatic nitrogens is 1. The number of carbonyl (C=O) groups is 1. The molecule has 1 saturated carbocycles. The second-order valence-corrected chi connectivity index (χ2v) is 5.09. The highest BCUT2D eigenvalue weighted by atomic mass is 16.1. The first-order valence-corrected chi connectivity index (χ1v) is 6.21. The van der Waals surface area contributed by atoms with Gasteiger partial charge in [0.25, 0.3) is 5.91 Å². The molecule has 98 valence electrons. The minimum atomic E-state index is -0.446. The molecular weight excluding hydrogens is 228 g/mol. The second kappa shape index (κ2) is 4.94. The molecular formula is C13H20N4O. The van der Waals surface area contributed by atoms with Gasteiger partial charge in [-0.2, -0.15) is 0 Å². The van der Waals surface area contributed by atoms with Crippen LogP contribution >= 0.6 is 0 Å². The molecule has 2 rings (SSSR count). The van der Waals surface area contributed by atoms with E-state index in [0.29, 0.717) is 11.4 Å². The standard InChI is InChI=1S/C13H20N4O/c1-17(2)13(6-4-7-13)9-16-12-10(11(14)18)5-3-8-15-12/h3,5,8H,4,6-7,9H2,1-2H3,(H2,14,18)(H,15,16). The Morgan fingerprint density at radius 2 is 2.28 bits per heavy atom. The molecule has 1 amide bonds. The van der Waals surface area contributed by atoms with Gasteiger partial charge in [0.2, 0.25) is 0 Å². The van der Waals surface area contributed by atoms with Crippen LogP contribution < -0.4 is 11.1 Å². The van der Waals surface area contributed by atoms with Gasteiger partial charge in [-0.25, -0.2) is 4.98 Å². The maximum absolute atomic E-state index is 11.3. The van der Waals surface area contributed by atoms with E-state index in [9.17, 15) is 4.79 Å². The SMILES string of the molecule is CN(C)C1(CNc2ncccc2C(N)=O)CCC1. The lowest BCUT2D eigenvalue weighted by Crippen LogP contribution is -2.54. The van der Waals surface area contributed by atoms with E-state index in [1.54, 1.807) is 18.3 Å². The second-order valence-electron chi connectivity index (χ2n) is 5.09. The molecule has 1 aromatic heterocycles. The number of nitrogens with one attached hydrogen (secondary N) is 1. The van der Waals surface area contributed by atoms with E-state index in [-0.39, 0.29) is 5.54 Å². The predicted octanol–water partition coefficient (Wildman–Crippen LogP) is 1.08. The molecule has 0 saturated heterocycles. The van der Waals surface area contributed by atoms with Gasteiger partial charge >= 0.3 is 0 Å². The molecule has 1 fully saturated rings. The van der Waals surface area contributed by atoms with Gasteiger partial charge in [-0.15, -0.1) is 0 Å². The highest BCUT2D eigenvalue weighted by Gasteiger charge is 2.38. The Kier molecular flexibility index (Phi) is 3.52. The van der Waals surface area contributed by atoms with E-state index in [4.69, 9.17) is 5.73 Å². The number of anilines is 1. The van der Waals surface area contributed by atoms with Gasteiger partial charge in [0.15, 0.2) is 0 Å². The number of likely N-dealkylation sites (N-methyl/N-ethyl adjacent to an activating group) is 1. The Morgan fingerprint density at radius 1 is 1.56 bits per heavy atom. The molecule has 18 heavy (non-hydrogen) atoms. The Bertz CT molecular complexity index is 440. The van der Waals surface area contributed by atoms with E-state index >= 15 is 0 Å². The molecule has 5 heteroatoms. The van der Waals surface area contributed by atoms with Crippen molar-refractivity contribution in [3.8, 4) is 0 Å². The van der Waals surface area contributed by atoms with Crippen molar-refractivity contribution < 1.29 is 4.79 Å². The van der Waals surface area contributed by atoms with E-state index in [2.05, 4.69) is 29.3 Å². The van der Waals surface area contributed by atoms with Gasteiger partial charge < -0.3 is 16.0 Å². The lowest BCUT2D eigenvalue weighted by Gasteiger charge is -2.47. The summed E-state index contributed by atoms with van der Waals surface area (Å²) in [4.78, 5) is 17.7. The van der Waals surface area contributed by atoms with Crippen LogP contribution in [0.1, 0.15) is 29.6 Å². The summed E-state index contributed by atoms with van der Waals surface area (Å²) in [6.07, 6.45) is 5.26. The molecule has 0 spiro atoms. The van der Waals surface area contributed by atoms with E-state index < -0.39 is 5.91 Å². The summed E-state index contributed by atoms with van der Waals surface area (Å²) < 4.78 is 0. The van der Waals surface area contributed by atoms with Crippen LogP contribution in [0, 0.1) is 0 Å². The van der Waals surface area contributed by atoms with Crippen LogP contribution in [0.4, 0.5) is 5.82 Å². The molecule has 0 aromatic carbocycles. The number of nitrogens with zero attached hydrogens (tertiary/aromatic N) is 2. The molecule has 1 heterocycles. The molecule has 0 unspecified atom stereocenters. The first-order chi connectivity index (χ1) is 8.55. The van der Waals surface area contributed by atoms with Gasteiger partial charge in [-0.3, -0.25) is 4.79 Å². The Balaban J connectivity index is 2.08. The van der Waals surface area contributed by atoms with Gasteiger partial charge in [0, 0.05) is 18.3 Å². The molecule has 0 aliphatic heterocycles. The molecule has 0 bridgehead atoms. The number of hydrogen-bond donors (Lipinski definition) is 2. The number of rotatable bonds is 5. The topological polar surface area (TPSA) is 71.2 Å². The average Bonchev–Trinajstić information content (AvgIpc) is 2.27. The van der Waals surface area contributed by atoms with Gasteiger partial charge in [-0.1, -0.05) is 0 Å². The fraction of sp³-hybridized carbons (Fsp3) is 0.538. The van der Waals surface area contributed by atoms with Crippen molar-refractivity contribution in [1.82, 2.24) is 9.88 Å². The predicted molar refractivity (Wildman–Crippen MR) is 71.5 cm³/mol. The van der Waals surface area contributed by atoms with Crippen molar-refractivity contribution in [2.45, 2.75) is 24.8 Å². The zero-order chi connectivity index (χ0) is 13.2. The van der Waals surface area contributed by atoms with Crippen LogP contribution in [0.15, 0.2) is 18.3 Å². The van der Waals surface area contributed by atoms with E-state index in [1.807, 2.05) is 0 Å². The maximum Gasteiger partial charge on any atom is 0.252 e. The molecule has 1 aliphatic carbocycles. The fourth-order valence-corrected chi connectivity index (χ4v) is 2.36.